The molecule has 0 aliphatic rings. The molecule has 0 radical (unpaired) electrons. The van der Waals surface area contributed by atoms with Crippen LogP contribution in [-0.2, 0) is 16.0 Å². The van der Waals surface area contributed by atoms with Gasteiger partial charge in [-0.1, -0.05) is 11.6 Å². The van der Waals surface area contributed by atoms with Crippen LogP contribution in [0.5, 0.6) is 0 Å². The first-order valence-corrected chi connectivity index (χ1v) is 7.11. The topological polar surface area (TPSA) is 82.2 Å². The lowest BCUT2D eigenvalue weighted by molar-refractivity contribution is -0.137. The fourth-order valence-electron chi connectivity index (χ4n) is 2.32. The monoisotopic (exact) mass is 288 g/mol. The smallest absolute Gasteiger partial charge is 0.303 e. The molecule has 1 aromatic heterocycles. The van der Waals surface area contributed by atoms with Crippen molar-refractivity contribution in [3.05, 3.63) is 35.5 Å². The average molecular weight is 288 g/mol. The number of nitrogens with one attached hydrogen (secondary N) is 2. The van der Waals surface area contributed by atoms with E-state index in [2.05, 4.69) is 35.4 Å². The molecule has 1 heterocycles. The normalized spacial score (nSPS) is 10.7. The molecule has 0 spiro atoms. The van der Waals surface area contributed by atoms with Gasteiger partial charge >= 0.3 is 5.97 Å². The predicted octanol–water partition coefficient (Wildman–Crippen LogP) is 2.39. The van der Waals surface area contributed by atoms with Gasteiger partial charge in [-0.25, -0.2) is 0 Å². The SMILES string of the molecule is Cc1ccc2[nH]cc(CCNC(=O)CCCC(=O)O)c2c1. The molecular weight excluding hydrogens is 268 g/mol. The molecular formula is C16H20N2O3. The molecule has 1 amide bonds. The van der Waals surface area contributed by atoms with Crippen LogP contribution in [0.25, 0.3) is 10.9 Å². The van der Waals surface area contributed by atoms with Gasteiger partial charge in [0.25, 0.3) is 0 Å². The number of aromatic amines is 1. The van der Waals surface area contributed by atoms with Crippen LogP contribution in [0.3, 0.4) is 0 Å². The molecule has 5 nitrogen and oxygen atoms in total. The van der Waals surface area contributed by atoms with E-state index in [-0.39, 0.29) is 18.7 Å². The minimum absolute atomic E-state index is 0.0369. The van der Waals surface area contributed by atoms with Gasteiger partial charge in [0.15, 0.2) is 0 Å². The Morgan fingerprint density at radius 3 is 2.86 bits per heavy atom. The first kappa shape index (κ1) is 15.1. The van der Waals surface area contributed by atoms with Crippen molar-refractivity contribution in [1.82, 2.24) is 10.3 Å². The number of carboxylic acid groups (broad SMARTS) is 1. The van der Waals surface area contributed by atoms with Crippen LogP contribution in [0, 0.1) is 6.92 Å². The van der Waals surface area contributed by atoms with Gasteiger partial charge in [0, 0.05) is 36.5 Å². The minimum Gasteiger partial charge on any atom is -0.481 e. The number of H-pyrrole nitrogens is 1. The number of amides is 1. The van der Waals surface area contributed by atoms with Gasteiger partial charge in [0.05, 0.1) is 0 Å². The summed E-state index contributed by atoms with van der Waals surface area (Å²) in [6, 6.07) is 6.25. The molecule has 0 aliphatic carbocycles. The molecule has 2 rings (SSSR count). The Balaban J connectivity index is 1.81. The molecule has 2 aromatic rings. The quantitative estimate of drug-likeness (QED) is 0.731. The number of carboxylic acids is 1. The highest BCUT2D eigenvalue weighted by molar-refractivity contribution is 5.84. The van der Waals surface area contributed by atoms with Crippen molar-refractivity contribution in [2.45, 2.75) is 32.6 Å². The van der Waals surface area contributed by atoms with E-state index in [4.69, 9.17) is 5.11 Å². The van der Waals surface area contributed by atoms with E-state index in [1.165, 1.54) is 16.5 Å². The van der Waals surface area contributed by atoms with Gasteiger partial charge in [-0.15, -0.1) is 0 Å². The van der Waals surface area contributed by atoms with Gasteiger partial charge in [-0.2, -0.15) is 0 Å². The highest BCUT2D eigenvalue weighted by Crippen LogP contribution is 2.19. The molecule has 112 valence electrons. The van der Waals surface area contributed by atoms with Gasteiger partial charge < -0.3 is 15.4 Å². The van der Waals surface area contributed by atoms with Crippen LogP contribution in [-0.4, -0.2) is 28.5 Å². The molecule has 0 aliphatic heterocycles. The summed E-state index contributed by atoms with van der Waals surface area (Å²) in [7, 11) is 0. The Morgan fingerprint density at radius 1 is 1.29 bits per heavy atom. The molecule has 0 unspecified atom stereocenters. The summed E-state index contributed by atoms with van der Waals surface area (Å²) in [5.74, 6) is -0.954. The van der Waals surface area contributed by atoms with E-state index in [1.807, 2.05) is 6.20 Å². The Bertz CT molecular complexity index is 646. The lowest BCUT2D eigenvalue weighted by Crippen LogP contribution is -2.25. The summed E-state index contributed by atoms with van der Waals surface area (Å²) < 4.78 is 0. The van der Waals surface area contributed by atoms with E-state index in [0.717, 1.165) is 11.9 Å². The Morgan fingerprint density at radius 2 is 2.10 bits per heavy atom. The molecule has 0 bridgehead atoms. The summed E-state index contributed by atoms with van der Waals surface area (Å²) in [4.78, 5) is 25.1. The average Bonchev–Trinajstić information content (AvgIpc) is 2.81. The molecule has 0 saturated heterocycles. The van der Waals surface area contributed by atoms with Crippen LogP contribution >= 0.6 is 0 Å². The standard InChI is InChI=1S/C16H20N2O3/c1-11-5-6-14-13(9-11)12(10-18-14)7-8-17-15(19)3-2-4-16(20)21/h5-6,9-10,18H,2-4,7-8H2,1H3,(H,17,19)(H,20,21). The molecule has 0 saturated carbocycles. The zero-order valence-electron chi connectivity index (χ0n) is 12.1. The number of carbonyl (C=O) groups excluding carboxylic acids is 1. The van der Waals surface area contributed by atoms with Gasteiger partial charge in [-0.3, -0.25) is 9.59 Å². The Labute approximate surface area is 123 Å². The van der Waals surface area contributed by atoms with E-state index in [0.29, 0.717) is 13.0 Å². The summed E-state index contributed by atoms with van der Waals surface area (Å²) >= 11 is 0. The second-order valence-corrected chi connectivity index (χ2v) is 5.21. The molecule has 1 aromatic carbocycles. The third-order valence-corrected chi connectivity index (χ3v) is 3.43. The first-order chi connectivity index (χ1) is 10.1. The van der Waals surface area contributed by atoms with Crippen LogP contribution in [0.2, 0.25) is 0 Å². The first-order valence-electron chi connectivity index (χ1n) is 7.11. The zero-order chi connectivity index (χ0) is 15.2. The Hall–Kier alpha value is -2.30. The summed E-state index contributed by atoms with van der Waals surface area (Å²) in [5, 5.41) is 12.5. The maximum atomic E-state index is 11.6. The van der Waals surface area contributed by atoms with Gasteiger partial charge in [0.2, 0.25) is 5.91 Å². The highest BCUT2D eigenvalue weighted by Gasteiger charge is 2.06. The van der Waals surface area contributed by atoms with E-state index in [9.17, 15) is 9.59 Å². The maximum absolute atomic E-state index is 11.6. The molecule has 3 N–H and O–H groups in total. The predicted molar refractivity (Wildman–Crippen MR) is 81.2 cm³/mol. The number of fused-ring (bicyclic) bond motifs is 1. The fourth-order valence-corrected chi connectivity index (χ4v) is 2.32. The summed E-state index contributed by atoms with van der Waals surface area (Å²) in [6.45, 7) is 2.62. The summed E-state index contributed by atoms with van der Waals surface area (Å²) in [5.41, 5.74) is 3.49. The van der Waals surface area contributed by atoms with Crippen LogP contribution in [0.1, 0.15) is 30.4 Å². The zero-order valence-corrected chi connectivity index (χ0v) is 12.1. The van der Waals surface area contributed by atoms with E-state index in [1.54, 1.807) is 0 Å². The third kappa shape index (κ3) is 4.34. The number of rotatable bonds is 7. The van der Waals surface area contributed by atoms with E-state index < -0.39 is 5.97 Å². The minimum atomic E-state index is -0.864. The van der Waals surface area contributed by atoms with Crippen LogP contribution in [0.4, 0.5) is 0 Å². The summed E-state index contributed by atoms with van der Waals surface area (Å²) in [6.07, 6.45) is 3.41. The molecule has 0 fully saturated rings. The van der Waals surface area contributed by atoms with Crippen LogP contribution in [0.15, 0.2) is 24.4 Å². The van der Waals surface area contributed by atoms with E-state index >= 15 is 0 Å². The number of hydrogen-bond acceptors (Lipinski definition) is 2. The molecule has 5 heteroatoms. The van der Waals surface area contributed by atoms with Crippen LogP contribution < -0.4 is 5.32 Å². The number of aliphatic carboxylic acids is 1. The van der Waals surface area contributed by atoms with Gasteiger partial charge in [0.1, 0.15) is 0 Å². The Kier molecular flexibility index (Phi) is 4.98. The fraction of sp³-hybridized carbons (Fsp3) is 0.375. The number of carbonyl (C=O) groups is 2. The molecule has 0 atom stereocenters. The van der Waals surface area contributed by atoms with Crippen molar-refractivity contribution < 1.29 is 14.7 Å². The van der Waals surface area contributed by atoms with Crippen molar-refractivity contribution in [1.29, 1.82) is 0 Å². The lowest BCUT2D eigenvalue weighted by Gasteiger charge is -2.04. The third-order valence-electron chi connectivity index (χ3n) is 3.43. The number of aromatic nitrogens is 1. The van der Waals surface area contributed by atoms with Gasteiger partial charge in [-0.05, 0) is 37.5 Å². The number of hydrogen-bond donors (Lipinski definition) is 3. The number of benzene rings is 1. The largest absolute Gasteiger partial charge is 0.481 e. The second kappa shape index (κ2) is 6.92. The van der Waals surface area contributed by atoms with Crippen molar-refractivity contribution >= 4 is 22.8 Å². The number of aryl methyl sites for hydroxylation is 1. The molecule has 21 heavy (non-hydrogen) atoms. The highest BCUT2D eigenvalue weighted by atomic mass is 16.4. The lowest BCUT2D eigenvalue weighted by atomic mass is 10.1. The maximum Gasteiger partial charge on any atom is 0.303 e. The van der Waals surface area contributed by atoms with Crippen molar-refractivity contribution in [3.63, 3.8) is 0 Å². The second-order valence-electron chi connectivity index (χ2n) is 5.21. The van der Waals surface area contributed by atoms with Crippen molar-refractivity contribution in [3.8, 4) is 0 Å². The van der Waals surface area contributed by atoms with Crippen molar-refractivity contribution in [2.24, 2.45) is 0 Å². The van der Waals surface area contributed by atoms with Crippen molar-refractivity contribution in [2.75, 3.05) is 6.54 Å².